The van der Waals surface area contributed by atoms with Crippen molar-refractivity contribution in [3.8, 4) is 22.5 Å². The molecule has 1 fully saturated rings. The van der Waals surface area contributed by atoms with Crippen molar-refractivity contribution >= 4 is 16.7 Å². The molecule has 7 heteroatoms. The molecule has 1 N–H and O–H groups in total. The zero-order valence-corrected chi connectivity index (χ0v) is 15.6. The van der Waals surface area contributed by atoms with E-state index in [9.17, 15) is 0 Å². The Hall–Kier alpha value is -3.32. The molecule has 1 saturated heterocycles. The van der Waals surface area contributed by atoms with Crippen molar-refractivity contribution < 1.29 is 4.74 Å². The summed E-state index contributed by atoms with van der Waals surface area (Å²) in [5, 5.41) is 8.13. The average molecular weight is 372 g/mol. The summed E-state index contributed by atoms with van der Waals surface area (Å²) in [7, 11) is 0. The van der Waals surface area contributed by atoms with E-state index in [1.165, 1.54) is 0 Å². The third kappa shape index (κ3) is 2.99. The van der Waals surface area contributed by atoms with Crippen molar-refractivity contribution in [1.29, 1.82) is 0 Å². The molecule has 0 amide bonds. The highest BCUT2D eigenvalue weighted by Crippen LogP contribution is 2.34. The van der Waals surface area contributed by atoms with Gasteiger partial charge in [0, 0.05) is 48.3 Å². The first-order chi connectivity index (χ1) is 13.8. The highest BCUT2D eigenvalue weighted by molar-refractivity contribution is 6.01. The molecule has 4 aromatic heterocycles. The van der Waals surface area contributed by atoms with E-state index in [1.54, 1.807) is 6.20 Å². The number of morpholine rings is 1. The van der Waals surface area contributed by atoms with Crippen molar-refractivity contribution in [3.05, 3.63) is 54.6 Å². The molecular formula is C21H20N6O. The first-order valence-electron chi connectivity index (χ1n) is 9.35. The standard InChI is InChI=1S/C21H20N6O/c1-14-2-3-15(13-23-14)17-12-19(27-8-10-28-11-9-27)25-20-16(17)4-6-22-21(20)18-5-7-24-26-18/h2-7,12-13H,8-11H2,1H3,(H,24,26). The van der Waals surface area contributed by atoms with Crippen molar-refractivity contribution in [2.75, 3.05) is 31.2 Å². The van der Waals surface area contributed by atoms with Gasteiger partial charge in [-0.1, -0.05) is 6.07 Å². The number of fused-ring (bicyclic) bond motifs is 1. The lowest BCUT2D eigenvalue weighted by Gasteiger charge is -2.28. The number of nitrogens with zero attached hydrogens (tertiary/aromatic N) is 5. The third-order valence-electron chi connectivity index (χ3n) is 5.03. The van der Waals surface area contributed by atoms with Gasteiger partial charge in [-0.05, 0) is 36.8 Å². The molecule has 5 rings (SSSR count). The summed E-state index contributed by atoms with van der Waals surface area (Å²) in [6.07, 6.45) is 5.47. The van der Waals surface area contributed by atoms with E-state index in [0.717, 1.165) is 58.0 Å². The van der Waals surface area contributed by atoms with Crippen molar-refractivity contribution in [1.82, 2.24) is 25.1 Å². The molecule has 0 spiro atoms. The summed E-state index contributed by atoms with van der Waals surface area (Å²) in [6, 6.07) is 10.2. The Morgan fingerprint density at radius 2 is 1.93 bits per heavy atom. The summed E-state index contributed by atoms with van der Waals surface area (Å²) in [5.74, 6) is 0.931. The normalized spacial score (nSPS) is 14.5. The number of rotatable bonds is 3. The Morgan fingerprint density at radius 1 is 1.04 bits per heavy atom. The summed E-state index contributed by atoms with van der Waals surface area (Å²) < 4.78 is 5.51. The first-order valence-corrected chi connectivity index (χ1v) is 9.35. The second-order valence-electron chi connectivity index (χ2n) is 6.84. The molecule has 0 atom stereocenters. The molecule has 0 unspecified atom stereocenters. The van der Waals surface area contributed by atoms with Gasteiger partial charge >= 0.3 is 0 Å². The summed E-state index contributed by atoms with van der Waals surface area (Å²) in [6.45, 7) is 5.06. The molecule has 28 heavy (non-hydrogen) atoms. The Bertz CT molecular complexity index is 1100. The summed E-state index contributed by atoms with van der Waals surface area (Å²) in [5.41, 5.74) is 5.66. The van der Waals surface area contributed by atoms with Crippen molar-refractivity contribution in [3.63, 3.8) is 0 Å². The topological polar surface area (TPSA) is 79.8 Å². The predicted octanol–water partition coefficient (Wildman–Crippen LogP) is 3.23. The molecule has 0 radical (unpaired) electrons. The maximum absolute atomic E-state index is 5.51. The van der Waals surface area contributed by atoms with Crippen LogP contribution in [0.15, 0.2) is 48.9 Å². The quantitative estimate of drug-likeness (QED) is 0.595. The van der Waals surface area contributed by atoms with Crippen molar-refractivity contribution in [2.24, 2.45) is 0 Å². The molecule has 140 valence electrons. The maximum Gasteiger partial charge on any atom is 0.130 e. The van der Waals surface area contributed by atoms with Crippen LogP contribution in [0.25, 0.3) is 33.4 Å². The van der Waals surface area contributed by atoms with E-state index < -0.39 is 0 Å². The minimum absolute atomic E-state index is 0.710. The smallest absolute Gasteiger partial charge is 0.130 e. The molecule has 5 heterocycles. The lowest BCUT2D eigenvalue weighted by atomic mass is 10.0. The Morgan fingerprint density at radius 3 is 2.68 bits per heavy atom. The van der Waals surface area contributed by atoms with Gasteiger partial charge in [-0.15, -0.1) is 0 Å². The van der Waals surface area contributed by atoms with Gasteiger partial charge in [-0.3, -0.25) is 15.1 Å². The monoisotopic (exact) mass is 372 g/mol. The van der Waals surface area contributed by atoms with E-state index in [2.05, 4.69) is 37.2 Å². The van der Waals surface area contributed by atoms with E-state index in [4.69, 9.17) is 9.72 Å². The molecular weight excluding hydrogens is 352 g/mol. The van der Waals surface area contributed by atoms with Gasteiger partial charge in [0.1, 0.15) is 17.0 Å². The predicted molar refractivity (Wildman–Crippen MR) is 108 cm³/mol. The Labute approximate surface area is 162 Å². The van der Waals surface area contributed by atoms with Crippen LogP contribution in [-0.4, -0.2) is 51.5 Å². The largest absolute Gasteiger partial charge is 0.378 e. The van der Waals surface area contributed by atoms with E-state index in [-0.39, 0.29) is 0 Å². The van der Waals surface area contributed by atoms with Gasteiger partial charge < -0.3 is 9.64 Å². The zero-order chi connectivity index (χ0) is 18.9. The van der Waals surface area contributed by atoms with Gasteiger partial charge in [0.25, 0.3) is 0 Å². The molecule has 1 aliphatic heterocycles. The number of nitrogens with one attached hydrogen (secondary N) is 1. The van der Waals surface area contributed by atoms with E-state index in [0.29, 0.717) is 13.2 Å². The number of pyridine rings is 3. The average Bonchev–Trinajstić information content (AvgIpc) is 3.28. The highest BCUT2D eigenvalue weighted by Gasteiger charge is 2.18. The van der Waals surface area contributed by atoms with Gasteiger partial charge in [-0.2, -0.15) is 5.10 Å². The van der Waals surface area contributed by atoms with Crippen LogP contribution in [0.3, 0.4) is 0 Å². The number of aromatic amines is 1. The van der Waals surface area contributed by atoms with Crippen LogP contribution in [-0.2, 0) is 4.74 Å². The number of ether oxygens (including phenoxy) is 1. The SMILES string of the molecule is Cc1ccc(-c2cc(N3CCOCC3)nc3c(-c4ccn[nH]4)nccc23)cn1. The second-order valence-corrected chi connectivity index (χ2v) is 6.84. The lowest BCUT2D eigenvalue weighted by Crippen LogP contribution is -2.36. The number of hydrogen-bond donors (Lipinski definition) is 1. The van der Waals surface area contributed by atoms with E-state index in [1.807, 2.05) is 37.5 Å². The Kier molecular flexibility index (Phi) is 4.21. The fourth-order valence-electron chi connectivity index (χ4n) is 3.54. The number of H-pyrrole nitrogens is 1. The molecule has 0 bridgehead atoms. The number of aryl methyl sites for hydroxylation is 1. The zero-order valence-electron chi connectivity index (χ0n) is 15.6. The Balaban J connectivity index is 1.76. The maximum atomic E-state index is 5.51. The van der Waals surface area contributed by atoms with Crippen LogP contribution < -0.4 is 4.90 Å². The molecule has 4 aromatic rings. The summed E-state index contributed by atoms with van der Waals surface area (Å²) >= 11 is 0. The van der Waals surface area contributed by atoms with Gasteiger partial charge in [0.05, 0.1) is 18.9 Å². The molecule has 0 aromatic carbocycles. The van der Waals surface area contributed by atoms with Crippen LogP contribution >= 0.6 is 0 Å². The van der Waals surface area contributed by atoms with Gasteiger partial charge in [0.2, 0.25) is 0 Å². The molecule has 0 aliphatic carbocycles. The molecule has 7 nitrogen and oxygen atoms in total. The van der Waals surface area contributed by atoms with Crippen LogP contribution in [0.4, 0.5) is 5.82 Å². The minimum atomic E-state index is 0.710. The van der Waals surface area contributed by atoms with Gasteiger partial charge in [0.15, 0.2) is 0 Å². The van der Waals surface area contributed by atoms with Crippen LogP contribution in [0.5, 0.6) is 0 Å². The molecule has 1 aliphatic rings. The molecule has 0 saturated carbocycles. The third-order valence-corrected chi connectivity index (χ3v) is 5.03. The van der Waals surface area contributed by atoms with Gasteiger partial charge in [-0.25, -0.2) is 4.98 Å². The van der Waals surface area contributed by atoms with E-state index >= 15 is 0 Å². The fraction of sp³-hybridized carbons (Fsp3) is 0.238. The highest BCUT2D eigenvalue weighted by atomic mass is 16.5. The summed E-state index contributed by atoms with van der Waals surface area (Å²) in [4.78, 5) is 16.3. The number of aromatic nitrogens is 5. The fourth-order valence-corrected chi connectivity index (χ4v) is 3.54. The van der Waals surface area contributed by atoms with Crippen molar-refractivity contribution in [2.45, 2.75) is 6.92 Å². The number of anilines is 1. The first kappa shape index (κ1) is 16.8. The lowest BCUT2D eigenvalue weighted by molar-refractivity contribution is 0.122. The van der Waals surface area contributed by atoms with Crippen LogP contribution in [0.1, 0.15) is 5.69 Å². The number of hydrogen-bond acceptors (Lipinski definition) is 6. The second kappa shape index (κ2) is 7.01. The van der Waals surface area contributed by atoms with Crippen LogP contribution in [0.2, 0.25) is 0 Å². The minimum Gasteiger partial charge on any atom is -0.378 e. The van der Waals surface area contributed by atoms with Crippen LogP contribution in [0, 0.1) is 6.92 Å².